The number of amides is 2. The first-order chi connectivity index (χ1) is 17.4. The standard InChI is InChI=1S/C25H32N4O7/c1-35-22-10-3-16(13-23(22)36-2)15-27-25(32)20-14-19(29(33)34)8-9-21(20)28-18-6-4-17(5-7-18)24(31)26-11-12-30/h3,8-10,13-14,17-18,28,30H,4-7,11-12,15H2,1-2H3,(H,26,31)(H,27,32)/t17-,18+. The number of anilines is 1. The Morgan fingerprint density at radius 1 is 1.03 bits per heavy atom. The van der Waals surface area contributed by atoms with Gasteiger partial charge in [0.25, 0.3) is 11.6 Å². The molecule has 3 rings (SSSR count). The maximum absolute atomic E-state index is 13.1. The van der Waals surface area contributed by atoms with Gasteiger partial charge in [0, 0.05) is 42.9 Å². The Balaban J connectivity index is 1.69. The second kappa shape index (κ2) is 12.7. The number of hydrogen-bond donors (Lipinski definition) is 4. The van der Waals surface area contributed by atoms with Crippen LogP contribution in [0.2, 0.25) is 0 Å². The molecule has 11 nitrogen and oxygen atoms in total. The highest BCUT2D eigenvalue weighted by molar-refractivity contribution is 6.00. The normalized spacial score (nSPS) is 17.1. The van der Waals surface area contributed by atoms with Crippen molar-refractivity contribution in [3.05, 3.63) is 57.6 Å². The number of hydrogen-bond acceptors (Lipinski definition) is 8. The molecule has 0 aromatic heterocycles. The number of nitro benzene ring substituents is 1. The van der Waals surface area contributed by atoms with E-state index >= 15 is 0 Å². The van der Waals surface area contributed by atoms with Crippen molar-refractivity contribution in [1.82, 2.24) is 10.6 Å². The second-order valence-corrected chi connectivity index (χ2v) is 8.57. The van der Waals surface area contributed by atoms with Crippen LogP contribution >= 0.6 is 0 Å². The minimum Gasteiger partial charge on any atom is -0.493 e. The Bertz CT molecular complexity index is 1080. The smallest absolute Gasteiger partial charge is 0.270 e. The Morgan fingerprint density at radius 3 is 2.39 bits per heavy atom. The van der Waals surface area contributed by atoms with Gasteiger partial charge in [-0.1, -0.05) is 6.07 Å². The lowest BCUT2D eigenvalue weighted by Crippen LogP contribution is -2.37. The van der Waals surface area contributed by atoms with Crippen molar-refractivity contribution in [1.29, 1.82) is 0 Å². The molecule has 0 bridgehead atoms. The number of nitro groups is 1. The summed E-state index contributed by atoms with van der Waals surface area (Å²) in [4.78, 5) is 36.0. The van der Waals surface area contributed by atoms with Gasteiger partial charge in [-0.3, -0.25) is 19.7 Å². The van der Waals surface area contributed by atoms with Gasteiger partial charge in [-0.25, -0.2) is 0 Å². The van der Waals surface area contributed by atoms with Crippen LogP contribution in [0.3, 0.4) is 0 Å². The van der Waals surface area contributed by atoms with Crippen LogP contribution in [0.4, 0.5) is 11.4 Å². The number of carbonyl (C=O) groups is 2. The number of nitrogens with one attached hydrogen (secondary N) is 3. The molecule has 0 saturated heterocycles. The Morgan fingerprint density at radius 2 is 1.75 bits per heavy atom. The number of aliphatic hydroxyl groups excluding tert-OH is 1. The molecule has 1 fully saturated rings. The highest BCUT2D eigenvalue weighted by Gasteiger charge is 2.27. The average Bonchev–Trinajstić information content (AvgIpc) is 2.90. The van der Waals surface area contributed by atoms with E-state index in [0.717, 1.165) is 5.56 Å². The lowest BCUT2D eigenvalue weighted by Gasteiger charge is -2.29. The molecule has 11 heteroatoms. The van der Waals surface area contributed by atoms with E-state index < -0.39 is 10.8 Å². The highest BCUT2D eigenvalue weighted by atomic mass is 16.6. The molecule has 0 aliphatic heterocycles. The van der Waals surface area contributed by atoms with E-state index in [-0.39, 0.29) is 48.8 Å². The maximum atomic E-state index is 13.1. The van der Waals surface area contributed by atoms with Crippen molar-refractivity contribution in [3.63, 3.8) is 0 Å². The van der Waals surface area contributed by atoms with Crippen molar-refractivity contribution in [3.8, 4) is 11.5 Å². The van der Waals surface area contributed by atoms with Crippen LogP contribution in [0.15, 0.2) is 36.4 Å². The largest absolute Gasteiger partial charge is 0.493 e. The Labute approximate surface area is 209 Å². The average molecular weight is 501 g/mol. The first kappa shape index (κ1) is 26.7. The summed E-state index contributed by atoms with van der Waals surface area (Å²) in [6, 6.07) is 9.47. The fourth-order valence-electron chi connectivity index (χ4n) is 4.27. The van der Waals surface area contributed by atoms with Crippen LogP contribution in [0, 0.1) is 16.0 Å². The molecular weight excluding hydrogens is 468 g/mol. The van der Waals surface area contributed by atoms with E-state index in [1.165, 1.54) is 26.4 Å². The quantitative estimate of drug-likeness (QED) is 0.271. The van der Waals surface area contributed by atoms with Crippen molar-refractivity contribution in [2.45, 2.75) is 38.3 Å². The van der Waals surface area contributed by atoms with Gasteiger partial charge in [-0.05, 0) is 49.4 Å². The SMILES string of the molecule is COc1ccc(CNC(=O)c2cc([N+](=O)[O-])ccc2N[C@H]2CC[C@@H](C(=O)NCCO)CC2)cc1OC. The summed E-state index contributed by atoms with van der Waals surface area (Å²) in [5.41, 5.74) is 1.27. The van der Waals surface area contributed by atoms with Gasteiger partial charge in [-0.15, -0.1) is 0 Å². The zero-order valence-electron chi connectivity index (χ0n) is 20.4. The van der Waals surface area contributed by atoms with Gasteiger partial charge < -0.3 is 30.5 Å². The topological polar surface area (TPSA) is 152 Å². The van der Waals surface area contributed by atoms with Crippen molar-refractivity contribution >= 4 is 23.2 Å². The Hall–Kier alpha value is -3.86. The summed E-state index contributed by atoms with van der Waals surface area (Å²) >= 11 is 0. The molecule has 2 aromatic rings. The van der Waals surface area contributed by atoms with E-state index in [2.05, 4.69) is 16.0 Å². The van der Waals surface area contributed by atoms with E-state index in [0.29, 0.717) is 42.9 Å². The number of nitrogens with zero attached hydrogens (tertiary/aromatic N) is 1. The minimum absolute atomic E-state index is 0.0192. The summed E-state index contributed by atoms with van der Waals surface area (Å²) in [5.74, 6) is 0.470. The van der Waals surface area contributed by atoms with Crippen molar-refractivity contribution < 1.29 is 29.1 Å². The predicted octanol–water partition coefficient (Wildman–Crippen LogP) is 2.62. The summed E-state index contributed by atoms with van der Waals surface area (Å²) in [5, 5.41) is 29.1. The zero-order valence-corrected chi connectivity index (χ0v) is 20.4. The van der Waals surface area contributed by atoms with Crippen LogP contribution in [0.5, 0.6) is 11.5 Å². The van der Waals surface area contributed by atoms with E-state index in [9.17, 15) is 19.7 Å². The van der Waals surface area contributed by atoms with E-state index in [1.54, 1.807) is 24.3 Å². The number of rotatable bonds is 11. The van der Waals surface area contributed by atoms with Gasteiger partial charge in [0.15, 0.2) is 11.5 Å². The lowest BCUT2D eigenvalue weighted by atomic mass is 9.85. The molecule has 36 heavy (non-hydrogen) atoms. The molecule has 0 heterocycles. The maximum Gasteiger partial charge on any atom is 0.270 e. The van der Waals surface area contributed by atoms with Crippen LogP contribution < -0.4 is 25.4 Å². The number of methoxy groups -OCH3 is 2. The molecule has 4 N–H and O–H groups in total. The summed E-state index contributed by atoms with van der Waals surface area (Å²) < 4.78 is 10.5. The molecule has 1 aliphatic carbocycles. The fraction of sp³-hybridized carbons (Fsp3) is 0.440. The lowest BCUT2D eigenvalue weighted by molar-refractivity contribution is -0.384. The van der Waals surface area contributed by atoms with Gasteiger partial charge in [0.2, 0.25) is 5.91 Å². The third kappa shape index (κ3) is 6.85. The number of benzene rings is 2. The fourth-order valence-corrected chi connectivity index (χ4v) is 4.27. The zero-order chi connectivity index (χ0) is 26.1. The predicted molar refractivity (Wildman–Crippen MR) is 133 cm³/mol. The molecule has 0 spiro atoms. The molecule has 0 radical (unpaired) electrons. The second-order valence-electron chi connectivity index (χ2n) is 8.57. The first-order valence-electron chi connectivity index (χ1n) is 11.8. The first-order valence-corrected chi connectivity index (χ1v) is 11.8. The number of carbonyl (C=O) groups excluding carboxylic acids is 2. The highest BCUT2D eigenvalue weighted by Crippen LogP contribution is 2.30. The van der Waals surface area contributed by atoms with Crippen molar-refractivity contribution in [2.75, 3.05) is 32.7 Å². The van der Waals surface area contributed by atoms with E-state index in [1.807, 2.05) is 0 Å². The molecule has 0 atom stereocenters. The van der Waals surface area contributed by atoms with Crippen LogP contribution in [-0.4, -0.2) is 55.3 Å². The van der Waals surface area contributed by atoms with Crippen LogP contribution in [-0.2, 0) is 11.3 Å². The minimum atomic E-state index is -0.537. The third-order valence-corrected chi connectivity index (χ3v) is 6.23. The van der Waals surface area contributed by atoms with Crippen LogP contribution in [0.1, 0.15) is 41.6 Å². The summed E-state index contributed by atoms with van der Waals surface area (Å²) in [6.45, 7) is 0.330. The van der Waals surface area contributed by atoms with Gasteiger partial charge in [0.05, 0.1) is 31.3 Å². The molecule has 0 unspecified atom stereocenters. The van der Waals surface area contributed by atoms with E-state index in [4.69, 9.17) is 14.6 Å². The molecule has 194 valence electrons. The molecule has 1 saturated carbocycles. The monoisotopic (exact) mass is 500 g/mol. The molecule has 2 amide bonds. The van der Waals surface area contributed by atoms with Gasteiger partial charge in [-0.2, -0.15) is 0 Å². The van der Waals surface area contributed by atoms with Gasteiger partial charge in [0.1, 0.15) is 0 Å². The Kier molecular flexibility index (Phi) is 9.46. The molecular formula is C25H32N4O7. The molecule has 2 aromatic carbocycles. The summed E-state index contributed by atoms with van der Waals surface area (Å²) in [7, 11) is 3.06. The number of aliphatic hydroxyl groups is 1. The number of non-ortho nitro benzene ring substituents is 1. The number of ether oxygens (including phenoxy) is 2. The van der Waals surface area contributed by atoms with Crippen LogP contribution in [0.25, 0.3) is 0 Å². The molecule has 1 aliphatic rings. The van der Waals surface area contributed by atoms with Gasteiger partial charge >= 0.3 is 0 Å². The summed E-state index contributed by atoms with van der Waals surface area (Å²) in [6.07, 6.45) is 2.76. The third-order valence-electron chi connectivity index (χ3n) is 6.23. The van der Waals surface area contributed by atoms with Crippen molar-refractivity contribution in [2.24, 2.45) is 5.92 Å².